The highest BCUT2D eigenvalue weighted by Crippen LogP contribution is 2.32. The van der Waals surface area contributed by atoms with Crippen LogP contribution in [0.15, 0.2) is 0 Å². The van der Waals surface area contributed by atoms with Gasteiger partial charge in [0.2, 0.25) is 11.8 Å². The Hall–Kier alpha value is -1.14. The second kappa shape index (κ2) is 15.2. The first-order chi connectivity index (χ1) is 18.5. The quantitative estimate of drug-likeness (QED) is 0.401. The van der Waals surface area contributed by atoms with Crippen molar-refractivity contribution in [2.24, 2.45) is 22.7 Å². The van der Waals surface area contributed by atoms with Gasteiger partial charge in [-0.3, -0.25) is 9.59 Å². The summed E-state index contributed by atoms with van der Waals surface area (Å²) in [6.07, 6.45) is 19.0. The molecule has 2 N–H and O–H groups in total. The average Bonchev–Trinajstić information content (AvgIpc) is 3.26. The van der Waals surface area contributed by atoms with E-state index >= 15 is 0 Å². The summed E-state index contributed by atoms with van der Waals surface area (Å²) in [5.41, 5.74) is 0.516. The molecule has 2 saturated heterocycles. The lowest BCUT2D eigenvalue weighted by Gasteiger charge is -2.34. The van der Waals surface area contributed by atoms with E-state index in [0.717, 1.165) is 63.7 Å². The Morgan fingerprint density at radius 2 is 0.923 bits per heavy atom. The van der Waals surface area contributed by atoms with E-state index in [2.05, 4.69) is 48.1 Å². The van der Waals surface area contributed by atoms with E-state index in [4.69, 9.17) is 0 Å². The van der Waals surface area contributed by atoms with Gasteiger partial charge in [0.05, 0.1) is 12.1 Å². The van der Waals surface area contributed by atoms with Gasteiger partial charge < -0.3 is 20.4 Å². The van der Waals surface area contributed by atoms with Crippen LogP contribution < -0.4 is 10.6 Å². The molecular weight excluding hydrogens is 484 g/mol. The summed E-state index contributed by atoms with van der Waals surface area (Å²) in [4.78, 5) is 29.6. The second-order valence-corrected chi connectivity index (χ2v) is 14.9. The highest BCUT2D eigenvalue weighted by Gasteiger charge is 2.36. The minimum absolute atomic E-state index is 0.0301. The van der Waals surface area contributed by atoms with Crippen molar-refractivity contribution in [1.29, 1.82) is 0 Å². The van der Waals surface area contributed by atoms with Crippen LogP contribution in [0.3, 0.4) is 0 Å². The first-order valence-corrected chi connectivity index (χ1v) is 16.5. The Kier molecular flexibility index (Phi) is 12.6. The highest BCUT2D eigenvalue weighted by molar-refractivity contribution is 5.82. The maximum atomic E-state index is 12.7. The van der Waals surface area contributed by atoms with E-state index in [1.807, 2.05) is 14.1 Å². The van der Waals surface area contributed by atoms with Gasteiger partial charge in [-0.1, -0.05) is 72.6 Å². The van der Waals surface area contributed by atoms with Crippen LogP contribution in [0.25, 0.3) is 0 Å². The van der Waals surface area contributed by atoms with Crippen molar-refractivity contribution in [1.82, 2.24) is 20.4 Å². The minimum Gasteiger partial charge on any atom is -0.341 e. The molecule has 39 heavy (non-hydrogen) atoms. The number of hydrogen-bond donors (Lipinski definition) is 2. The molecule has 2 heterocycles. The molecule has 0 aromatic carbocycles. The summed E-state index contributed by atoms with van der Waals surface area (Å²) in [6.45, 7) is 13.0. The molecule has 0 aromatic rings. The van der Waals surface area contributed by atoms with Gasteiger partial charge in [0.25, 0.3) is 0 Å². The number of rotatable bonds is 6. The third-order valence-corrected chi connectivity index (χ3v) is 10.0. The summed E-state index contributed by atoms with van der Waals surface area (Å²) in [5.74, 6) is 2.14. The van der Waals surface area contributed by atoms with Gasteiger partial charge in [0.15, 0.2) is 0 Å². The Bertz CT molecular complexity index is 753. The van der Waals surface area contributed by atoms with Crippen molar-refractivity contribution in [3.63, 3.8) is 0 Å². The number of carbonyl (C=O) groups is 2. The highest BCUT2D eigenvalue weighted by atomic mass is 16.2. The fourth-order valence-corrected chi connectivity index (χ4v) is 7.49. The van der Waals surface area contributed by atoms with Gasteiger partial charge in [0.1, 0.15) is 0 Å². The molecule has 4 rings (SSSR count). The maximum absolute atomic E-state index is 12.7. The molecule has 4 fully saturated rings. The molecule has 2 aliphatic heterocycles. The third kappa shape index (κ3) is 10.3. The van der Waals surface area contributed by atoms with Gasteiger partial charge in [-0.15, -0.1) is 0 Å². The number of likely N-dealkylation sites (N-methyl/N-ethyl adjacent to an activating group) is 2. The summed E-state index contributed by atoms with van der Waals surface area (Å²) in [6, 6.07) is 0.0629. The molecule has 2 saturated carbocycles. The van der Waals surface area contributed by atoms with E-state index in [1.165, 1.54) is 70.6 Å². The van der Waals surface area contributed by atoms with Gasteiger partial charge in [-0.05, 0) is 88.1 Å². The molecule has 2 aliphatic carbocycles. The monoisotopic (exact) mass is 546 g/mol. The molecule has 0 aromatic heterocycles. The van der Waals surface area contributed by atoms with Gasteiger partial charge in [0, 0.05) is 26.2 Å². The Morgan fingerprint density at radius 3 is 1.26 bits per heavy atom. The van der Waals surface area contributed by atoms with Crippen LogP contribution in [-0.4, -0.2) is 74.0 Å². The van der Waals surface area contributed by atoms with E-state index in [-0.39, 0.29) is 22.9 Å². The lowest BCUT2D eigenvalue weighted by Crippen LogP contribution is -2.47. The van der Waals surface area contributed by atoms with Crippen molar-refractivity contribution in [2.45, 2.75) is 136 Å². The van der Waals surface area contributed by atoms with Crippen molar-refractivity contribution in [3.05, 3.63) is 0 Å². The minimum atomic E-state index is 0.0301. The van der Waals surface area contributed by atoms with Crippen molar-refractivity contribution in [3.8, 4) is 0 Å². The molecule has 2 unspecified atom stereocenters. The lowest BCUT2D eigenvalue weighted by molar-refractivity contribution is -0.135. The molecule has 226 valence electrons. The van der Waals surface area contributed by atoms with Crippen LogP contribution in [-0.2, 0) is 9.59 Å². The molecule has 0 bridgehead atoms. The summed E-state index contributed by atoms with van der Waals surface area (Å²) >= 11 is 0. The Labute approximate surface area is 240 Å². The summed E-state index contributed by atoms with van der Waals surface area (Å²) < 4.78 is 0. The fraction of sp³-hybridized carbons (Fsp3) is 0.939. The SMILES string of the molecule is CNC1CCC(C)(C)CN(CC2CCCCC2)C1=O.CNC1CCC(C)(C)CN(CC2CCCCCC2)C1=O. The van der Waals surface area contributed by atoms with Gasteiger partial charge in [-0.25, -0.2) is 0 Å². The lowest BCUT2D eigenvalue weighted by atomic mass is 9.86. The average molecular weight is 547 g/mol. The number of hydrogen-bond acceptors (Lipinski definition) is 4. The predicted octanol–water partition coefficient (Wildman–Crippen LogP) is 6.00. The standard InChI is InChI=1S/C17H32N2O.C16H30N2O/c1-17(2)11-10-15(18-3)16(20)19(13-17)12-14-8-6-4-5-7-9-14;1-16(2)10-9-14(17-3)15(19)18(12-16)11-13-7-5-4-6-8-13/h14-15,18H,4-13H2,1-3H3;13-14,17H,4-12H2,1-3H3. The van der Waals surface area contributed by atoms with Crippen LogP contribution >= 0.6 is 0 Å². The molecule has 0 radical (unpaired) electrons. The van der Waals surface area contributed by atoms with E-state index in [9.17, 15) is 9.59 Å². The number of likely N-dealkylation sites (tertiary alicyclic amines) is 2. The van der Waals surface area contributed by atoms with Crippen LogP contribution in [0.5, 0.6) is 0 Å². The Morgan fingerprint density at radius 1 is 0.590 bits per heavy atom. The largest absolute Gasteiger partial charge is 0.341 e. The molecular formula is C33H62N4O2. The fourth-order valence-electron chi connectivity index (χ4n) is 7.49. The number of amides is 2. The summed E-state index contributed by atoms with van der Waals surface area (Å²) in [7, 11) is 3.84. The number of nitrogens with zero attached hydrogens (tertiary/aromatic N) is 2. The van der Waals surface area contributed by atoms with Crippen molar-refractivity contribution in [2.75, 3.05) is 40.3 Å². The summed E-state index contributed by atoms with van der Waals surface area (Å²) in [5, 5.41) is 6.43. The van der Waals surface area contributed by atoms with Gasteiger partial charge >= 0.3 is 0 Å². The zero-order valence-electron chi connectivity index (χ0n) is 26.5. The third-order valence-electron chi connectivity index (χ3n) is 10.0. The van der Waals surface area contributed by atoms with E-state index in [1.54, 1.807) is 0 Å². The number of carbonyl (C=O) groups excluding carboxylic acids is 2. The van der Waals surface area contributed by atoms with Crippen molar-refractivity contribution < 1.29 is 9.59 Å². The molecule has 2 amide bonds. The van der Waals surface area contributed by atoms with Crippen LogP contribution in [0, 0.1) is 22.7 Å². The molecule has 6 nitrogen and oxygen atoms in total. The predicted molar refractivity (Wildman–Crippen MR) is 163 cm³/mol. The Balaban J connectivity index is 0.000000216. The zero-order chi connectivity index (χ0) is 28.5. The normalized spacial score (nSPS) is 29.2. The first-order valence-electron chi connectivity index (χ1n) is 16.5. The molecule has 0 spiro atoms. The zero-order valence-corrected chi connectivity index (χ0v) is 26.5. The van der Waals surface area contributed by atoms with Crippen molar-refractivity contribution >= 4 is 11.8 Å². The van der Waals surface area contributed by atoms with E-state index in [0.29, 0.717) is 11.8 Å². The topological polar surface area (TPSA) is 64.7 Å². The van der Waals surface area contributed by atoms with Gasteiger partial charge in [-0.2, -0.15) is 0 Å². The maximum Gasteiger partial charge on any atom is 0.239 e. The molecule has 2 atom stereocenters. The smallest absolute Gasteiger partial charge is 0.239 e. The van der Waals surface area contributed by atoms with Crippen LogP contribution in [0.1, 0.15) is 124 Å². The first kappa shape index (κ1) is 32.4. The number of nitrogens with one attached hydrogen (secondary N) is 2. The van der Waals surface area contributed by atoms with E-state index < -0.39 is 0 Å². The second-order valence-electron chi connectivity index (χ2n) is 14.9. The molecule has 4 aliphatic rings. The van der Waals surface area contributed by atoms with Crippen LogP contribution in [0.2, 0.25) is 0 Å². The van der Waals surface area contributed by atoms with Crippen LogP contribution in [0.4, 0.5) is 0 Å². The molecule has 6 heteroatoms.